The normalized spacial score (nSPS) is 14.3. The summed E-state index contributed by atoms with van der Waals surface area (Å²) in [5.74, 6) is -1.17. The molecule has 3 aromatic rings. The molecule has 0 fully saturated rings. The average Bonchev–Trinajstić information content (AvgIpc) is 3.32. The Morgan fingerprint density at radius 2 is 1.74 bits per heavy atom. The van der Waals surface area contributed by atoms with Gasteiger partial charge in [-0.25, -0.2) is 8.42 Å². The van der Waals surface area contributed by atoms with Crippen molar-refractivity contribution in [2.75, 3.05) is 5.75 Å². The van der Waals surface area contributed by atoms with Crippen LogP contribution in [-0.2, 0) is 20.4 Å². The van der Waals surface area contributed by atoms with Crippen LogP contribution in [-0.4, -0.2) is 47.5 Å². The average molecular weight is 487 g/mol. The van der Waals surface area contributed by atoms with Crippen molar-refractivity contribution in [1.29, 1.82) is 0 Å². The summed E-state index contributed by atoms with van der Waals surface area (Å²) in [4.78, 5) is 12.7. The number of aromatic nitrogens is 2. The minimum absolute atomic E-state index is 0.0365. The zero-order valence-corrected chi connectivity index (χ0v) is 19.8. The molecule has 3 atom stereocenters. The van der Waals surface area contributed by atoms with Crippen molar-refractivity contribution in [2.24, 2.45) is 5.73 Å². The highest BCUT2D eigenvalue weighted by Gasteiger charge is 2.30. The Balaban J connectivity index is 1.66. The molecule has 1 aromatic heterocycles. The Morgan fingerprint density at radius 3 is 2.38 bits per heavy atom. The maximum Gasteiger partial charge on any atom is 0.247 e. The van der Waals surface area contributed by atoms with Gasteiger partial charge in [-0.2, -0.15) is 0 Å². The van der Waals surface area contributed by atoms with Crippen LogP contribution in [0.1, 0.15) is 43.7 Å². The number of nitrogens with two attached hydrogens (primary N) is 1. The van der Waals surface area contributed by atoms with E-state index >= 15 is 0 Å². The van der Waals surface area contributed by atoms with Gasteiger partial charge in [-0.05, 0) is 24.1 Å². The van der Waals surface area contributed by atoms with Crippen molar-refractivity contribution < 1.29 is 22.7 Å². The maximum atomic E-state index is 12.7. The molecule has 1 amide bonds. The topological polar surface area (TPSA) is 148 Å². The lowest BCUT2D eigenvalue weighted by Crippen LogP contribution is -2.50. The fraction of sp³-hybridized carbons (Fsp3) is 0.375. The molecule has 0 aliphatic carbocycles. The molecular weight excluding hydrogens is 456 g/mol. The summed E-state index contributed by atoms with van der Waals surface area (Å²) >= 11 is 0. The Kier molecular flexibility index (Phi) is 8.91. The predicted molar refractivity (Wildman–Crippen MR) is 128 cm³/mol. The van der Waals surface area contributed by atoms with Crippen LogP contribution in [0.15, 0.2) is 65.1 Å². The highest BCUT2D eigenvalue weighted by Crippen LogP contribution is 2.24. The van der Waals surface area contributed by atoms with Gasteiger partial charge in [-0.1, -0.05) is 68.3 Å². The van der Waals surface area contributed by atoms with Crippen LogP contribution in [0.25, 0.3) is 11.5 Å². The molecule has 0 radical (unpaired) electrons. The lowest BCUT2D eigenvalue weighted by molar-refractivity contribution is -0.123. The van der Waals surface area contributed by atoms with Crippen molar-refractivity contribution in [3.63, 3.8) is 0 Å². The van der Waals surface area contributed by atoms with E-state index in [0.29, 0.717) is 24.0 Å². The zero-order chi connectivity index (χ0) is 24.6. The van der Waals surface area contributed by atoms with Crippen LogP contribution in [0, 0.1) is 0 Å². The Hall–Kier alpha value is -3.08. The first kappa shape index (κ1) is 25.5. The summed E-state index contributed by atoms with van der Waals surface area (Å²) in [6, 6.07) is 15.8. The number of unbranched alkanes of at least 4 members (excludes halogenated alkanes) is 1. The molecule has 4 N–H and O–H groups in total. The molecule has 182 valence electrons. The van der Waals surface area contributed by atoms with Crippen molar-refractivity contribution in [3.05, 3.63) is 72.1 Å². The van der Waals surface area contributed by atoms with Crippen molar-refractivity contribution >= 4 is 15.7 Å². The van der Waals surface area contributed by atoms with Gasteiger partial charge >= 0.3 is 0 Å². The van der Waals surface area contributed by atoms with Gasteiger partial charge in [0.15, 0.2) is 15.9 Å². The van der Waals surface area contributed by atoms with Crippen LogP contribution < -0.4 is 11.1 Å². The minimum Gasteiger partial charge on any atom is -0.418 e. The molecule has 3 unspecified atom stereocenters. The van der Waals surface area contributed by atoms with E-state index in [1.54, 1.807) is 42.5 Å². The highest BCUT2D eigenvalue weighted by atomic mass is 32.2. The van der Waals surface area contributed by atoms with Gasteiger partial charge in [0.2, 0.25) is 17.7 Å². The van der Waals surface area contributed by atoms with E-state index in [0.717, 1.165) is 6.42 Å². The predicted octanol–water partition coefficient (Wildman–Crippen LogP) is 2.39. The first-order chi connectivity index (χ1) is 16.3. The van der Waals surface area contributed by atoms with Gasteiger partial charge in [0.25, 0.3) is 0 Å². The van der Waals surface area contributed by atoms with Gasteiger partial charge in [0.05, 0.1) is 23.6 Å². The number of nitrogens with one attached hydrogen (secondary N) is 1. The number of carbonyl (C=O) groups excluding carboxylic acids is 1. The molecular formula is C24H30N4O5S. The SMILES string of the molecule is CCCCC(NC(=O)C(N)CS(=O)(=O)Cc1ccccc1)C(O)c1nnc(-c2ccccc2)o1. The smallest absolute Gasteiger partial charge is 0.247 e. The van der Waals surface area contributed by atoms with E-state index in [9.17, 15) is 18.3 Å². The molecule has 0 spiro atoms. The Morgan fingerprint density at radius 1 is 1.09 bits per heavy atom. The number of benzene rings is 2. The zero-order valence-electron chi connectivity index (χ0n) is 19.0. The summed E-state index contributed by atoms with van der Waals surface area (Å²) in [5.41, 5.74) is 7.25. The number of aliphatic hydroxyl groups is 1. The van der Waals surface area contributed by atoms with Crippen molar-refractivity contribution in [3.8, 4) is 11.5 Å². The number of nitrogens with zero attached hydrogens (tertiary/aromatic N) is 2. The number of aliphatic hydroxyl groups excluding tert-OH is 1. The summed E-state index contributed by atoms with van der Waals surface area (Å²) in [6.45, 7) is 1.98. The first-order valence-corrected chi connectivity index (χ1v) is 13.0. The Labute approximate surface area is 199 Å². The highest BCUT2D eigenvalue weighted by molar-refractivity contribution is 7.90. The lowest BCUT2D eigenvalue weighted by atomic mass is 10.0. The standard InChI is InChI=1S/C24H30N4O5S/c1-2-3-14-20(21(29)24-28-27-23(33-24)18-12-8-5-9-13-18)26-22(30)19(25)16-34(31,32)15-17-10-6-4-7-11-17/h4-13,19-21,29H,2-3,14-16,25H2,1H3,(H,26,30). The van der Waals surface area contributed by atoms with Crippen molar-refractivity contribution in [1.82, 2.24) is 15.5 Å². The molecule has 10 heteroatoms. The third-order valence-electron chi connectivity index (χ3n) is 5.29. The van der Waals surface area contributed by atoms with Crippen LogP contribution in [0.2, 0.25) is 0 Å². The number of amides is 1. The van der Waals surface area contributed by atoms with Gasteiger partial charge in [-0.15, -0.1) is 10.2 Å². The van der Waals surface area contributed by atoms with E-state index in [1.165, 1.54) is 0 Å². The van der Waals surface area contributed by atoms with Gasteiger partial charge in [0, 0.05) is 5.56 Å². The second kappa shape index (κ2) is 11.9. The third kappa shape index (κ3) is 7.21. The number of hydrogen-bond donors (Lipinski definition) is 3. The summed E-state index contributed by atoms with van der Waals surface area (Å²) in [5, 5.41) is 21.4. The van der Waals surface area contributed by atoms with E-state index in [2.05, 4.69) is 15.5 Å². The van der Waals surface area contributed by atoms with Crippen LogP contribution in [0.5, 0.6) is 0 Å². The first-order valence-electron chi connectivity index (χ1n) is 11.2. The molecule has 0 aliphatic heterocycles. The quantitative estimate of drug-likeness (QED) is 0.353. The summed E-state index contributed by atoms with van der Waals surface area (Å²) in [7, 11) is -3.62. The maximum absolute atomic E-state index is 12.7. The van der Waals surface area contributed by atoms with E-state index in [-0.39, 0.29) is 17.5 Å². The number of sulfone groups is 1. The monoisotopic (exact) mass is 486 g/mol. The van der Waals surface area contributed by atoms with Gasteiger partial charge < -0.3 is 20.6 Å². The molecule has 2 aromatic carbocycles. The minimum atomic E-state index is -3.62. The van der Waals surface area contributed by atoms with Crippen LogP contribution in [0.4, 0.5) is 0 Å². The molecule has 9 nitrogen and oxygen atoms in total. The van der Waals surface area contributed by atoms with Gasteiger partial charge in [0.1, 0.15) is 0 Å². The largest absolute Gasteiger partial charge is 0.418 e. The summed E-state index contributed by atoms with van der Waals surface area (Å²) < 4.78 is 30.7. The fourth-order valence-corrected chi connectivity index (χ4v) is 5.00. The van der Waals surface area contributed by atoms with E-state index in [1.807, 2.05) is 25.1 Å². The Bertz CT molecular complexity index is 1150. The van der Waals surface area contributed by atoms with Crippen molar-refractivity contribution in [2.45, 2.75) is 50.1 Å². The second-order valence-corrected chi connectivity index (χ2v) is 10.3. The number of rotatable bonds is 12. The van der Waals surface area contributed by atoms with Gasteiger partial charge in [-0.3, -0.25) is 4.79 Å². The molecule has 0 saturated carbocycles. The van der Waals surface area contributed by atoms with E-state index < -0.39 is 39.7 Å². The molecule has 0 saturated heterocycles. The summed E-state index contributed by atoms with van der Waals surface area (Å²) in [6.07, 6.45) is 0.697. The lowest BCUT2D eigenvalue weighted by Gasteiger charge is -2.23. The third-order valence-corrected chi connectivity index (χ3v) is 6.93. The van der Waals surface area contributed by atoms with E-state index in [4.69, 9.17) is 10.2 Å². The molecule has 3 rings (SSSR count). The molecule has 0 aliphatic rings. The van der Waals surface area contributed by atoms with Crippen LogP contribution in [0.3, 0.4) is 0 Å². The fourth-order valence-electron chi connectivity index (χ4n) is 3.48. The molecule has 0 bridgehead atoms. The second-order valence-electron chi connectivity index (χ2n) is 8.16. The molecule has 34 heavy (non-hydrogen) atoms. The number of carbonyl (C=O) groups is 1. The molecule has 1 heterocycles. The van der Waals surface area contributed by atoms with Crippen LogP contribution >= 0.6 is 0 Å². The number of hydrogen-bond acceptors (Lipinski definition) is 8.